The molecule has 2 aliphatic rings. The van der Waals surface area contributed by atoms with Gasteiger partial charge in [-0.2, -0.15) is 4.98 Å². The van der Waals surface area contributed by atoms with Crippen molar-refractivity contribution in [1.29, 1.82) is 0 Å². The zero-order valence-electron chi connectivity index (χ0n) is 19.0. The Morgan fingerprint density at radius 1 is 1.09 bits per heavy atom. The molecule has 4 aromatic rings. The minimum absolute atomic E-state index is 0.0603. The molecule has 34 heavy (non-hydrogen) atoms. The molecule has 0 N–H and O–H groups in total. The third kappa shape index (κ3) is 3.04. The normalized spacial score (nSPS) is 17.4. The van der Waals surface area contributed by atoms with Gasteiger partial charge in [-0.25, -0.2) is 18.7 Å². The Morgan fingerprint density at radius 2 is 1.94 bits per heavy atom. The minimum Gasteiger partial charge on any atom is -0.341 e. The number of aryl methyl sites for hydroxylation is 1. The van der Waals surface area contributed by atoms with Crippen molar-refractivity contribution in [3.8, 4) is 23.0 Å². The van der Waals surface area contributed by atoms with Crippen LogP contribution in [0.5, 0.6) is 0 Å². The van der Waals surface area contributed by atoms with Gasteiger partial charge in [-0.1, -0.05) is 13.8 Å². The SMILES string of the molecule is CCc1nnc2n1-c1cnc(-n3ccnc3-c3ccc(F)cc3F)nc1N(C1CCC1)C2CC. The second-order valence-corrected chi connectivity index (χ2v) is 8.70. The monoisotopic (exact) mass is 462 g/mol. The molecule has 3 aromatic heterocycles. The number of hydrogen-bond donors (Lipinski definition) is 0. The van der Waals surface area contributed by atoms with Crippen LogP contribution in [-0.2, 0) is 6.42 Å². The highest BCUT2D eigenvalue weighted by Gasteiger charge is 2.40. The molecule has 0 radical (unpaired) electrons. The number of rotatable bonds is 5. The summed E-state index contributed by atoms with van der Waals surface area (Å²) >= 11 is 0. The molecule has 10 heteroatoms. The van der Waals surface area contributed by atoms with E-state index in [2.05, 4.69) is 43.5 Å². The zero-order valence-corrected chi connectivity index (χ0v) is 19.0. The lowest BCUT2D eigenvalue weighted by Crippen LogP contribution is -2.46. The van der Waals surface area contributed by atoms with E-state index in [0.717, 1.165) is 54.9 Å². The molecule has 1 aliphatic heterocycles. The number of imidazole rings is 1. The molecular weight excluding hydrogens is 438 g/mol. The predicted molar refractivity (Wildman–Crippen MR) is 122 cm³/mol. The Morgan fingerprint density at radius 3 is 2.65 bits per heavy atom. The number of hydrogen-bond acceptors (Lipinski definition) is 6. The van der Waals surface area contributed by atoms with Crippen LogP contribution in [0.1, 0.15) is 57.2 Å². The molecule has 0 bridgehead atoms. The van der Waals surface area contributed by atoms with Gasteiger partial charge in [0.15, 0.2) is 11.6 Å². The Bertz CT molecular complexity index is 1370. The van der Waals surface area contributed by atoms with Crippen LogP contribution < -0.4 is 4.90 Å². The second kappa shape index (κ2) is 7.96. The van der Waals surface area contributed by atoms with E-state index in [9.17, 15) is 8.78 Å². The van der Waals surface area contributed by atoms with Crippen LogP contribution in [0.15, 0.2) is 36.8 Å². The predicted octanol–water partition coefficient (Wildman–Crippen LogP) is 4.57. The van der Waals surface area contributed by atoms with Gasteiger partial charge in [0.2, 0.25) is 5.95 Å². The Labute approximate surface area is 195 Å². The highest BCUT2D eigenvalue weighted by atomic mass is 19.1. The summed E-state index contributed by atoms with van der Waals surface area (Å²) in [5.74, 6) is 1.99. The van der Waals surface area contributed by atoms with Crippen LogP contribution in [0.25, 0.3) is 23.0 Å². The summed E-state index contributed by atoms with van der Waals surface area (Å²) in [6, 6.07) is 3.89. The molecule has 1 aromatic carbocycles. The number of fused-ring (bicyclic) bond motifs is 3. The molecule has 174 valence electrons. The van der Waals surface area contributed by atoms with E-state index in [4.69, 9.17) is 4.98 Å². The molecule has 8 nitrogen and oxygen atoms in total. The summed E-state index contributed by atoms with van der Waals surface area (Å²) in [6.45, 7) is 4.21. The lowest BCUT2D eigenvalue weighted by molar-refractivity contribution is 0.341. The Balaban J connectivity index is 1.53. The van der Waals surface area contributed by atoms with Crippen LogP contribution in [0.2, 0.25) is 0 Å². The molecule has 1 unspecified atom stereocenters. The van der Waals surface area contributed by atoms with Crippen molar-refractivity contribution >= 4 is 5.82 Å². The van der Waals surface area contributed by atoms with Crippen LogP contribution >= 0.6 is 0 Å². The topological polar surface area (TPSA) is 77.5 Å². The smallest absolute Gasteiger partial charge is 0.237 e. The van der Waals surface area contributed by atoms with Gasteiger partial charge >= 0.3 is 0 Å². The average Bonchev–Trinajstić information content (AvgIpc) is 3.45. The largest absolute Gasteiger partial charge is 0.341 e. The number of benzene rings is 1. The van der Waals surface area contributed by atoms with Gasteiger partial charge < -0.3 is 4.90 Å². The highest BCUT2D eigenvalue weighted by molar-refractivity contribution is 5.64. The summed E-state index contributed by atoms with van der Waals surface area (Å²) in [7, 11) is 0. The number of nitrogens with zero attached hydrogens (tertiary/aromatic N) is 8. The van der Waals surface area contributed by atoms with E-state index in [1.54, 1.807) is 23.2 Å². The molecule has 4 heterocycles. The zero-order chi connectivity index (χ0) is 23.4. The number of anilines is 1. The fourth-order valence-electron chi connectivity index (χ4n) is 4.94. The van der Waals surface area contributed by atoms with E-state index in [0.29, 0.717) is 17.8 Å². The van der Waals surface area contributed by atoms with Gasteiger partial charge in [0, 0.05) is 30.9 Å². The quantitative estimate of drug-likeness (QED) is 0.432. The molecule has 0 saturated heterocycles. The summed E-state index contributed by atoms with van der Waals surface area (Å²) in [4.78, 5) is 16.3. The van der Waals surface area contributed by atoms with Crippen molar-refractivity contribution in [2.75, 3.05) is 4.90 Å². The second-order valence-electron chi connectivity index (χ2n) is 8.70. The van der Waals surface area contributed by atoms with Gasteiger partial charge in [0.05, 0.1) is 17.8 Å². The number of aromatic nitrogens is 7. The van der Waals surface area contributed by atoms with E-state index < -0.39 is 11.6 Å². The standard InChI is InChI=1S/C24H24F2N8/c1-3-18-23-31-30-20(4-2)34(23)19-13-28-24(29-22(19)33(18)15-6-5-7-15)32-11-10-27-21(32)16-9-8-14(25)12-17(16)26/h8-13,15,18H,3-7H2,1-2H3. The van der Waals surface area contributed by atoms with Gasteiger partial charge in [0.25, 0.3) is 0 Å². The fraction of sp³-hybridized carbons (Fsp3) is 0.375. The van der Waals surface area contributed by atoms with Crippen molar-refractivity contribution < 1.29 is 8.78 Å². The lowest BCUT2D eigenvalue weighted by atomic mass is 9.89. The summed E-state index contributed by atoms with van der Waals surface area (Å²) in [6.07, 6.45) is 10.0. The lowest BCUT2D eigenvalue weighted by Gasteiger charge is -2.45. The summed E-state index contributed by atoms with van der Waals surface area (Å²) < 4.78 is 31.7. The van der Waals surface area contributed by atoms with Gasteiger partial charge in [-0.05, 0) is 37.8 Å². The van der Waals surface area contributed by atoms with Gasteiger partial charge in [-0.15, -0.1) is 10.2 Å². The molecule has 0 amide bonds. The fourth-order valence-corrected chi connectivity index (χ4v) is 4.94. The first kappa shape index (κ1) is 20.9. The summed E-state index contributed by atoms with van der Waals surface area (Å²) in [5.41, 5.74) is 1.04. The highest BCUT2D eigenvalue weighted by Crippen LogP contribution is 2.44. The average molecular weight is 463 g/mol. The molecule has 1 fully saturated rings. The Kier molecular flexibility index (Phi) is 4.89. The third-order valence-electron chi connectivity index (χ3n) is 6.81. The maximum atomic E-state index is 14.6. The van der Waals surface area contributed by atoms with Crippen molar-refractivity contribution in [2.45, 2.75) is 58.0 Å². The first-order valence-corrected chi connectivity index (χ1v) is 11.7. The Hall–Kier alpha value is -3.69. The molecule has 1 aliphatic carbocycles. The van der Waals surface area contributed by atoms with Crippen molar-refractivity contribution in [2.24, 2.45) is 0 Å². The minimum atomic E-state index is -0.686. The van der Waals surface area contributed by atoms with Crippen LogP contribution in [0.4, 0.5) is 14.6 Å². The van der Waals surface area contributed by atoms with E-state index >= 15 is 0 Å². The van der Waals surface area contributed by atoms with Crippen molar-refractivity contribution in [3.05, 3.63) is 60.1 Å². The first-order valence-electron chi connectivity index (χ1n) is 11.7. The third-order valence-corrected chi connectivity index (χ3v) is 6.81. The van der Waals surface area contributed by atoms with Crippen LogP contribution in [0, 0.1) is 11.6 Å². The van der Waals surface area contributed by atoms with Crippen LogP contribution in [-0.4, -0.2) is 40.3 Å². The molecular formula is C24H24F2N8. The van der Waals surface area contributed by atoms with Crippen molar-refractivity contribution in [3.63, 3.8) is 0 Å². The first-order chi connectivity index (χ1) is 16.6. The van der Waals surface area contributed by atoms with E-state index in [1.165, 1.54) is 18.6 Å². The molecule has 0 spiro atoms. The van der Waals surface area contributed by atoms with Crippen molar-refractivity contribution in [1.82, 2.24) is 34.3 Å². The van der Waals surface area contributed by atoms with Gasteiger partial charge in [0.1, 0.15) is 29.0 Å². The summed E-state index contributed by atoms with van der Waals surface area (Å²) in [5, 5.41) is 8.98. The van der Waals surface area contributed by atoms with E-state index in [1.807, 2.05) is 0 Å². The van der Waals surface area contributed by atoms with Crippen LogP contribution in [0.3, 0.4) is 0 Å². The molecule has 1 atom stereocenters. The maximum Gasteiger partial charge on any atom is 0.237 e. The molecule has 1 saturated carbocycles. The number of halogens is 2. The maximum absolute atomic E-state index is 14.6. The van der Waals surface area contributed by atoms with Gasteiger partial charge in [-0.3, -0.25) is 9.13 Å². The van der Waals surface area contributed by atoms with E-state index in [-0.39, 0.29) is 11.6 Å². The molecule has 6 rings (SSSR count).